The van der Waals surface area contributed by atoms with Crippen LogP contribution in [0.3, 0.4) is 0 Å². The Bertz CT molecular complexity index is 997. The maximum atomic E-state index is 13.1. The van der Waals surface area contributed by atoms with Crippen LogP contribution in [0.15, 0.2) is 46.4 Å². The highest BCUT2D eigenvalue weighted by molar-refractivity contribution is 7.10. The van der Waals surface area contributed by atoms with Gasteiger partial charge in [-0.05, 0) is 42.5 Å². The third-order valence-electron chi connectivity index (χ3n) is 4.48. The van der Waals surface area contributed by atoms with E-state index in [0.29, 0.717) is 24.5 Å². The summed E-state index contributed by atoms with van der Waals surface area (Å²) in [6, 6.07) is 7.29. The van der Waals surface area contributed by atoms with Crippen molar-refractivity contribution in [1.82, 2.24) is 15.2 Å². The summed E-state index contributed by atoms with van der Waals surface area (Å²) in [4.78, 5) is 19.2. The number of hydrogen-bond donors (Lipinski definition) is 1. The van der Waals surface area contributed by atoms with E-state index >= 15 is 0 Å². The molecule has 5 nitrogen and oxygen atoms in total. The minimum atomic E-state index is -4.39. The van der Waals surface area contributed by atoms with Crippen molar-refractivity contribution < 1.29 is 22.4 Å². The molecular weight excluding hydrogens is 415 g/mol. The Balaban J connectivity index is 1.81. The number of carbonyl (C=O) groups is 1. The Labute approximate surface area is 176 Å². The van der Waals surface area contributed by atoms with Gasteiger partial charge >= 0.3 is 6.18 Å². The first-order valence-electron chi connectivity index (χ1n) is 9.40. The van der Waals surface area contributed by atoms with Gasteiger partial charge in [-0.15, -0.1) is 11.3 Å². The molecule has 9 heteroatoms. The van der Waals surface area contributed by atoms with Crippen molar-refractivity contribution in [2.24, 2.45) is 0 Å². The van der Waals surface area contributed by atoms with Gasteiger partial charge in [0.1, 0.15) is 6.26 Å². The van der Waals surface area contributed by atoms with Crippen molar-refractivity contribution in [3.05, 3.63) is 75.1 Å². The van der Waals surface area contributed by atoms with Gasteiger partial charge < -0.3 is 9.73 Å². The van der Waals surface area contributed by atoms with Crippen molar-refractivity contribution in [2.45, 2.75) is 39.7 Å². The van der Waals surface area contributed by atoms with Crippen LogP contribution in [0.1, 0.15) is 44.9 Å². The Morgan fingerprint density at radius 2 is 2.03 bits per heavy atom. The van der Waals surface area contributed by atoms with Crippen molar-refractivity contribution in [3.8, 4) is 0 Å². The van der Waals surface area contributed by atoms with E-state index in [0.717, 1.165) is 22.6 Å². The Morgan fingerprint density at radius 1 is 1.23 bits per heavy atom. The molecule has 2 aromatic heterocycles. The zero-order valence-electron chi connectivity index (χ0n) is 16.6. The number of oxazole rings is 1. The zero-order chi connectivity index (χ0) is 21.7. The summed E-state index contributed by atoms with van der Waals surface area (Å²) in [6.45, 7) is 5.33. The molecular formula is C21H22F3N3O2S. The second-order valence-electron chi connectivity index (χ2n) is 6.86. The van der Waals surface area contributed by atoms with E-state index in [4.69, 9.17) is 4.42 Å². The number of benzene rings is 1. The largest absolute Gasteiger partial charge is 0.447 e. The number of alkyl halides is 3. The summed E-state index contributed by atoms with van der Waals surface area (Å²) in [6.07, 6.45) is -3.10. The highest BCUT2D eigenvalue weighted by Gasteiger charge is 2.30. The standard InChI is InChI=1S/C21H22F3N3O2S/c1-3-25-20(28)17-13-29-19(26-17)12-27(11-18-14(2)7-8-30-18)10-15-5-4-6-16(9-15)21(22,23)24/h4-9,13H,3,10-12H2,1-2H3,(H,25,28). The smallest absolute Gasteiger partial charge is 0.416 e. The van der Waals surface area contributed by atoms with Crippen molar-refractivity contribution >= 4 is 17.2 Å². The molecule has 0 fully saturated rings. The second kappa shape index (κ2) is 9.44. The normalized spacial score (nSPS) is 11.8. The maximum absolute atomic E-state index is 13.1. The minimum absolute atomic E-state index is 0.179. The molecule has 0 aliphatic carbocycles. The van der Waals surface area contributed by atoms with Crippen LogP contribution in [0.25, 0.3) is 0 Å². The van der Waals surface area contributed by atoms with Gasteiger partial charge in [0, 0.05) is 24.5 Å². The molecule has 3 rings (SSSR count). The van der Waals surface area contributed by atoms with Gasteiger partial charge in [-0.3, -0.25) is 9.69 Å². The number of aromatic nitrogens is 1. The van der Waals surface area contributed by atoms with E-state index in [-0.39, 0.29) is 24.7 Å². The van der Waals surface area contributed by atoms with E-state index in [2.05, 4.69) is 10.3 Å². The average molecular weight is 437 g/mol. The number of hydrogen-bond acceptors (Lipinski definition) is 5. The van der Waals surface area contributed by atoms with Crippen LogP contribution in [0.5, 0.6) is 0 Å². The lowest BCUT2D eigenvalue weighted by atomic mass is 10.1. The first-order valence-corrected chi connectivity index (χ1v) is 10.3. The molecule has 0 radical (unpaired) electrons. The molecule has 0 atom stereocenters. The molecule has 30 heavy (non-hydrogen) atoms. The van der Waals surface area contributed by atoms with E-state index < -0.39 is 11.7 Å². The van der Waals surface area contributed by atoms with E-state index in [1.54, 1.807) is 24.3 Å². The maximum Gasteiger partial charge on any atom is 0.416 e. The van der Waals surface area contributed by atoms with Gasteiger partial charge in [0.05, 0.1) is 12.1 Å². The molecule has 1 amide bonds. The third kappa shape index (κ3) is 5.70. The molecule has 1 aromatic carbocycles. The fraction of sp³-hybridized carbons (Fsp3) is 0.333. The molecule has 1 N–H and O–H groups in total. The first kappa shape index (κ1) is 22.0. The summed E-state index contributed by atoms with van der Waals surface area (Å²) in [5, 5.41) is 4.63. The van der Waals surface area contributed by atoms with Crippen molar-refractivity contribution in [2.75, 3.05) is 6.54 Å². The summed E-state index contributed by atoms with van der Waals surface area (Å²) < 4.78 is 44.7. The van der Waals surface area contributed by atoms with E-state index in [1.807, 2.05) is 23.3 Å². The Morgan fingerprint density at radius 3 is 2.70 bits per heavy atom. The summed E-state index contributed by atoms with van der Waals surface area (Å²) in [5.41, 5.74) is 1.15. The molecule has 0 aliphatic rings. The van der Waals surface area contributed by atoms with Crippen LogP contribution in [-0.4, -0.2) is 22.3 Å². The average Bonchev–Trinajstić information content (AvgIpc) is 3.31. The van der Waals surface area contributed by atoms with Crippen LogP contribution in [0, 0.1) is 6.92 Å². The van der Waals surface area contributed by atoms with Gasteiger partial charge in [0.2, 0.25) is 5.89 Å². The molecule has 0 saturated heterocycles. The van der Waals surface area contributed by atoms with Gasteiger partial charge in [0.15, 0.2) is 5.69 Å². The molecule has 0 spiro atoms. The number of halogens is 3. The number of aryl methyl sites for hydroxylation is 1. The lowest BCUT2D eigenvalue weighted by molar-refractivity contribution is -0.137. The number of thiophene rings is 1. The molecule has 2 heterocycles. The first-order chi connectivity index (χ1) is 14.3. The molecule has 0 bridgehead atoms. The minimum Gasteiger partial charge on any atom is -0.447 e. The van der Waals surface area contributed by atoms with Gasteiger partial charge in [-0.25, -0.2) is 4.98 Å². The molecule has 0 unspecified atom stereocenters. The molecule has 160 valence electrons. The summed E-state index contributed by atoms with van der Waals surface area (Å²) in [5.74, 6) is 0.00321. The van der Waals surface area contributed by atoms with Crippen molar-refractivity contribution in [1.29, 1.82) is 0 Å². The summed E-state index contributed by atoms with van der Waals surface area (Å²) >= 11 is 1.59. The monoisotopic (exact) mass is 437 g/mol. The fourth-order valence-corrected chi connectivity index (χ4v) is 3.92. The lowest BCUT2D eigenvalue weighted by Crippen LogP contribution is -2.24. The van der Waals surface area contributed by atoms with E-state index in [9.17, 15) is 18.0 Å². The number of carbonyl (C=O) groups excluding carboxylic acids is 1. The van der Waals surface area contributed by atoms with Crippen LogP contribution >= 0.6 is 11.3 Å². The predicted molar refractivity (Wildman–Crippen MR) is 108 cm³/mol. The SMILES string of the molecule is CCNC(=O)c1coc(CN(Cc2cccc(C(F)(F)F)c2)Cc2sccc2C)n1. The van der Waals surface area contributed by atoms with Gasteiger partial charge in [0.25, 0.3) is 5.91 Å². The van der Waals surface area contributed by atoms with Crippen LogP contribution in [-0.2, 0) is 25.8 Å². The van der Waals surface area contributed by atoms with Crippen LogP contribution in [0.2, 0.25) is 0 Å². The van der Waals surface area contributed by atoms with Crippen molar-refractivity contribution in [3.63, 3.8) is 0 Å². The number of nitrogens with one attached hydrogen (secondary N) is 1. The quantitative estimate of drug-likeness (QED) is 0.538. The highest BCUT2D eigenvalue weighted by Crippen LogP contribution is 2.30. The molecule has 3 aromatic rings. The van der Waals surface area contributed by atoms with Crippen LogP contribution in [0.4, 0.5) is 13.2 Å². The lowest BCUT2D eigenvalue weighted by Gasteiger charge is -2.21. The van der Waals surface area contributed by atoms with E-state index in [1.165, 1.54) is 12.3 Å². The predicted octanol–water partition coefficient (Wildman–Crippen LogP) is 5.02. The Kier molecular flexibility index (Phi) is 6.94. The Hall–Kier alpha value is -2.65. The second-order valence-corrected chi connectivity index (χ2v) is 7.86. The van der Waals surface area contributed by atoms with Crippen LogP contribution < -0.4 is 5.32 Å². The molecule has 0 saturated carbocycles. The highest BCUT2D eigenvalue weighted by atomic mass is 32.1. The van der Waals surface area contributed by atoms with Gasteiger partial charge in [-0.1, -0.05) is 18.2 Å². The molecule has 0 aliphatic heterocycles. The topological polar surface area (TPSA) is 58.4 Å². The number of amides is 1. The van der Waals surface area contributed by atoms with Gasteiger partial charge in [-0.2, -0.15) is 13.2 Å². The third-order valence-corrected chi connectivity index (χ3v) is 5.48. The summed E-state index contributed by atoms with van der Waals surface area (Å²) in [7, 11) is 0. The number of rotatable bonds is 8. The zero-order valence-corrected chi connectivity index (χ0v) is 17.4. The number of nitrogens with zero attached hydrogens (tertiary/aromatic N) is 2. The fourth-order valence-electron chi connectivity index (χ4n) is 2.97.